The lowest BCUT2D eigenvalue weighted by molar-refractivity contribution is -0.911. The first kappa shape index (κ1) is 34.2. The van der Waals surface area contributed by atoms with E-state index >= 15 is 0 Å². The Labute approximate surface area is 266 Å². The zero-order chi connectivity index (χ0) is 31.4. The van der Waals surface area contributed by atoms with Crippen LogP contribution in [0.2, 0.25) is 0 Å². The van der Waals surface area contributed by atoms with Crippen molar-refractivity contribution >= 4 is 11.6 Å². The summed E-state index contributed by atoms with van der Waals surface area (Å²) in [5.74, 6) is 1.76. The second-order valence-electron chi connectivity index (χ2n) is 13.9. The van der Waals surface area contributed by atoms with Gasteiger partial charge in [0.25, 0.3) is 0 Å². The molecule has 2 heterocycles. The van der Waals surface area contributed by atoms with E-state index in [0.29, 0.717) is 13.2 Å². The van der Waals surface area contributed by atoms with Gasteiger partial charge in [0.15, 0.2) is 11.6 Å². The van der Waals surface area contributed by atoms with E-state index < -0.39 is 0 Å². The van der Waals surface area contributed by atoms with Gasteiger partial charge in [-0.2, -0.15) is 0 Å². The molecule has 0 aromatic heterocycles. The minimum absolute atomic E-state index is 0.124. The molecule has 0 amide bonds. The third-order valence-electron chi connectivity index (χ3n) is 10.1. The summed E-state index contributed by atoms with van der Waals surface area (Å²) >= 11 is 0. The van der Waals surface area contributed by atoms with E-state index in [1.807, 2.05) is 62.4 Å². The van der Waals surface area contributed by atoms with Gasteiger partial charge in [0.05, 0.1) is 78.4 Å². The van der Waals surface area contributed by atoms with Crippen LogP contribution in [-0.4, -0.2) is 87.1 Å². The Morgan fingerprint density at radius 3 is 1.18 bits per heavy atom. The molecule has 2 aliphatic rings. The van der Waals surface area contributed by atoms with Gasteiger partial charge in [-0.15, -0.1) is 0 Å². The van der Waals surface area contributed by atoms with Gasteiger partial charge in [0, 0.05) is 11.1 Å². The van der Waals surface area contributed by atoms with Crippen molar-refractivity contribution in [3.63, 3.8) is 0 Å². The maximum atomic E-state index is 14.2. The molecule has 0 aliphatic carbocycles. The summed E-state index contributed by atoms with van der Waals surface area (Å²) in [6.07, 6.45) is 11.4. The highest BCUT2D eigenvalue weighted by atomic mass is 16.5. The number of nitrogens with zero attached hydrogens (tertiary/aromatic N) is 2. The van der Waals surface area contributed by atoms with E-state index in [9.17, 15) is 9.59 Å². The van der Waals surface area contributed by atoms with Crippen molar-refractivity contribution in [3.05, 3.63) is 59.7 Å². The second-order valence-corrected chi connectivity index (χ2v) is 13.9. The van der Waals surface area contributed by atoms with Gasteiger partial charge in [-0.3, -0.25) is 9.59 Å². The van der Waals surface area contributed by atoms with Crippen LogP contribution >= 0.6 is 0 Å². The summed E-state index contributed by atoms with van der Waals surface area (Å²) < 4.78 is 13.2. The zero-order valence-electron chi connectivity index (χ0n) is 28.0. The number of ether oxygens (including phenoxy) is 2. The van der Waals surface area contributed by atoms with Gasteiger partial charge < -0.3 is 18.4 Å². The van der Waals surface area contributed by atoms with Gasteiger partial charge in [-0.1, -0.05) is 0 Å². The number of carbonyl (C=O) groups excluding carboxylic acids is 2. The number of benzene rings is 2. The Kier molecular flexibility index (Phi) is 12.9. The summed E-state index contributed by atoms with van der Waals surface area (Å²) in [5.41, 5.74) is 1.50. The van der Waals surface area contributed by atoms with Crippen molar-refractivity contribution in [2.24, 2.45) is 11.8 Å². The SMILES string of the molecule is CCOc1ccc(C(=O)[C@H](CC[C@@H](C[N+]2(C)CCCCCC2)C(=O)c2ccc(OCC)cc2)C[N+]2(C)CCCCCC2)cc1. The fraction of sp³-hybridized carbons (Fsp3) is 0.632. The molecule has 0 unspecified atom stereocenters. The van der Waals surface area contributed by atoms with E-state index in [-0.39, 0.29) is 23.4 Å². The normalized spacial score (nSPS) is 19.6. The summed E-state index contributed by atoms with van der Waals surface area (Å²) in [6, 6.07) is 15.4. The van der Waals surface area contributed by atoms with E-state index in [0.717, 1.165) is 83.7 Å². The lowest BCUT2D eigenvalue weighted by Crippen LogP contribution is -2.50. The number of hydrogen-bond acceptors (Lipinski definition) is 4. The fourth-order valence-electron chi connectivity index (χ4n) is 7.58. The Balaban J connectivity index is 1.59. The smallest absolute Gasteiger partial charge is 0.171 e. The lowest BCUT2D eigenvalue weighted by Gasteiger charge is -2.38. The van der Waals surface area contributed by atoms with E-state index in [1.165, 1.54) is 51.4 Å². The summed E-state index contributed by atoms with van der Waals surface area (Å²) in [4.78, 5) is 28.4. The average molecular weight is 607 g/mol. The molecule has 242 valence electrons. The molecule has 2 aromatic rings. The topological polar surface area (TPSA) is 52.6 Å². The number of Topliss-reactive ketones (excluding diaryl/α,β-unsaturated/α-hetero) is 2. The van der Waals surface area contributed by atoms with Gasteiger partial charge in [0.1, 0.15) is 11.5 Å². The molecular weight excluding hydrogens is 548 g/mol. The molecule has 6 heteroatoms. The second kappa shape index (κ2) is 16.6. The number of likely N-dealkylation sites (tertiary alicyclic amines) is 2. The van der Waals surface area contributed by atoms with Crippen molar-refractivity contribution in [1.82, 2.24) is 0 Å². The molecule has 2 fully saturated rings. The van der Waals surface area contributed by atoms with E-state index in [1.54, 1.807) is 0 Å². The van der Waals surface area contributed by atoms with Crippen molar-refractivity contribution < 1.29 is 28.0 Å². The molecule has 2 aliphatic heterocycles. The first-order valence-corrected chi connectivity index (χ1v) is 17.5. The summed E-state index contributed by atoms with van der Waals surface area (Å²) in [6.45, 7) is 11.3. The highest BCUT2D eigenvalue weighted by Crippen LogP contribution is 2.29. The highest BCUT2D eigenvalue weighted by Gasteiger charge is 2.36. The molecule has 4 rings (SSSR count). The Bertz CT molecular complexity index is 1070. The molecule has 0 spiro atoms. The Hall–Kier alpha value is -2.70. The monoisotopic (exact) mass is 606 g/mol. The van der Waals surface area contributed by atoms with Crippen LogP contribution in [0.25, 0.3) is 0 Å². The molecule has 0 bridgehead atoms. The third kappa shape index (κ3) is 9.90. The van der Waals surface area contributed by atoms with Gasteiger partial charge >= 0.3 is 0 Å². The van der Waals surface area contributed by atoms with Crippen molar-refractivity contribution in [3.8, 4) is 11.5 Å². The molecule has 44 heavy (non-hydrogen) atoms. The number of quaternary nitrogens is 2. The summed E-state index contributed by atoms with van der Waals surface area (Å²) in [7, 11) is 4.69. The van der Waals surface area contributed by atoms with Crippen LogP contribution in [0.15, 0.2) is 48.5 Å². The van der Waals surface area contributed by atoms with Gasteiger partial charge in [-0.25, -0.2) is 0 Å². The number of ketones is 2. The molecular formula is C38H58N2O4+2. The molecule has 0 N–H and O–H groups in total. The van der Waals surface area contributed by atoms with Crippen LogP contribution < -0.4 is 9.47 Å². The number of hydrogen-bond donors (Lipinski definition) is 0. The predicted octanol–water partition coefficient (Wildman–Crippen LogP) is 7.60. The molecule has 2 aromatic carbocycles. The predicted molar refractivity (Wildman–Crippen MR) is 179 cm³/mol. The van der Waals surface area contributed by atoms with Crippen LogP contribution in [0.1, 0.15) is 98.8 Å². The first-order chi connectivity index (χ1) is 21.2. The minimum atomic E-state index is -0.124. The number of rotatable bonds is 15. The van der Waals surface area contributed by atoms with Crippen molar-refractivity contribution in [1.29, 1.82) is 0 Å². The molecule has 2 atom stereocenters. The van der Waals surface area contributed by atoms with E-state index in [2.05, 4.69) is 14.1 Å². The Morgan fingerprint density at radius 1 is 0.568 bits per heavy atom. The highest BCUT2D eigenvalue weighted by molar-refractivity contribution is 5.99. The zero-order valence-corrected chi connectivity index (χ0v) is 28.0. The minimum Gasteiger partial charge on any atom is -0.494 e. The largest absolute Gasteiger partial charge is 0.494 e. The number of carbonyl (C=O) groups is 2. The van der Waals surface area contributed by atoms with Gasteiger partial charge in [-0.05, 0) is 127 Å². The quantitative estimate of drug-likeness (QED) is 0.155. The van der Waals surface area contributed by atoms with E-state index in [4.69, 9.17) is 9.47 Å². The third-order valence-corrected chi connectivity index (χ3v) is 10.1. The Morgan fingerprint density at radius 2 is 0.886 bits per heavy atom. The van der Waals surface area contributed by atoms with Crippen LogP contribution in [0.4, 0.5) is 0 Å². The molecule has 6 nitrogen and oxygen atoms in total. The standard InChI is InChI=1S/C38H58N2O4/c1-5-43-35-21-17-31(18-22-35)37(41)33(29-39(3)25-11-7-8-12-26-39)15-16-34(30-40(4)27-13-9-10-14-28-40)38(42)32-19-23-36(24-20-32)44-6-2/h17-24,33-34H,5-16,25-30H2,1-4H3/q+2/t33-,34+. The maximum absolute atomic E-state index is 14.2. The average Bonchev–Trinajstić information content (AvgIpc) is 3.38. The molecule has 0 saturated carbocycles. The van der Waals surface area contributed by atoms with Crippen LogP contribution in [0.3, 0.4) is 0 Å². The first-order valence-electron chi connectivity index (χ1n) is 17.5. The van der Waals surface area contributed by atoms with Crippen molar-refractivity contribution in [2.75, 3.05) is 66.6 Å². The van der Waals surface area contributed by atoms with Crippen LogP contribution in [0, 0.1) is 11.8 Å². The van der Waals surface area contributed by atoms with Crippen molar-refractivity contribution in [2.45, 2.75) is 78.1 Å². The lowest BCUT2D eigenvalue weighted by atomic mass is 9.85. The van der Waals surface area contributed by atoms with Crippen LogP contribution in [0.5, 0.6) is 11.5 Å². The maximum Gasteiger partial charge on any atom is 0.171 e. The van der Waals surface area contributed by atoms with Crippen LogP contribution in [-0.2, 0) is 0 Å². The summed E-state index contributed by atoms with van der Waals surface area (Å²) in [5, 5.41) is 0. The van der Waals surface area contributed by atoms with Gasteiger partial charge in [0.2, 0.25) is 0 Å². The molecule has 2 saturated heterocycles. The molecule has 0 radical (unpaired) electrons. The fourth-order valence-corrected chi connectivity index (χ4v) is 7.58.